The highest BCUT2D eigenvalue weighted by molar-refractivity contribution is 7.17. The standard InChI is InChI=1S/C20H17FN4S/c1-12-11-25-16(10-23-12)19(13-4-6-22-7-5-13)20(24-25)15-3-2-14-9-18(21)26-17(14)8-15/h2-9,12,23H,10-11H2,1H3. The summed E-state index contributed by atoms with van der Waals surface area (Å²) in [4.78, 5) is 4.14. The van der Waals surface area contributed by atoms with Gasteiger partial charge in [0.2, 0.25) is 0 Å². The van der Waals surface area contributed by atoms with E-state index < -0.39 is 0 Å². The van der Waals surface area contributed by atoms with E-state index in [0.29, 0.717) is 6.04 Å². The second kappa shape index (κ2) is 6.00. The largest absolute Gasteiger partial charge is 0.307 e. The molecule has 1 aliphatic heterocycles. The summed E-state index contributed by atoms with van der Waals surface area (Å²) >= 11 is 1.17. The molecule has 1 unspecified atom stereocenters. The normalized spacial score (nSPS) is 16.8. The van der Waals surface area contributed by atoms with Crippen LogP contribution in [0.2, 0.25) is 0 Å². The molecule has 0 fully saturated rings. The van der Waals surface area contributed by atoms with E-state index in [4.69, 9.17) is 5.10 Å². The van der Waals surface area contributed by atoms with E-state index >= 15 is 0 Å². The van der Waals surface area contributed by atoms with Gasteiger partial charge in [-0.05, 0) is 42.1 Å². The third-order valence-corrected chi connectivity index (χ3v) is 5.74. The van der Waals surface area contributed by atoms with Gasteiger partial charge in [0.25, 0.3) is 0 Å². The number of hydrogen-bond acceptors (Lipinski definition) is 4. The Balaban J connectivity index is 1.74. The van der Waals surface area contributed by atoms with Crippen molar-refractivity contribution in [1.82, 2.24) is 20.1 Å². The number of fused-ring (bicyclic) bond motifs is 2. The summed E-state index contributed by atoms with van der Waals surface area (Å²) in [6.07, 6.45) is 3.61. The van der Waals surface area contributed by atoms with Crippen molar-refractivity contribution in [2.24, 2.45) is 0 Å². The van der Waals surface area contributed by atoms with Crippen LogP contribution in [-0.2, 0) is 13.1 Å². The molecule has 0 spiro atoms. The lowest BCUT2D eigenvalue weighted by Gasteiger charge is -2.22. The van der Waals surface area contributed by atoms with Crippen LogP contribution in [-0.4, -0.2) is 20.8 Å². The van der Waals surface area contributed by atoms with Crippen molar-refractivity contribution in [3.05, 3.63) is 59.6 Å². The summed E-state index contributed by atoms with van der Waals surface area (Å²) < 4.78 is 16.7. The number of thiophene rings is 1. The molecule has 26 heavy (non-hydrogen) atoms. The molecule has 1 aromatic carbocycles. The van der Waals surface area contributed by atoms with Crippen molar-refractivity contribution < 1.29 is 4.39 Å². The zero-order valence-corrected chi connectivity index (χ0v) is 15.1. The van der Waals surface area contributed by atoms with Gasteiger partial charge in [0, 0.05) is 40.8 Å². The van der Waals surface area contributed by atoms with Crippen molar-refractivity contribution in [3.8, 4) is 22.4 Å². The van der Waals surface area contributed by atoms with Crippen LogP contribution < -0.4 is 5.32 Å². The Kier molecular flexibility index (Phi) is 3.62. The first kappa shape index (κ1) is 15.7. The number of pyridine rings is 1. The average Bonchev–Trinajstić information content (AvgIpc) is 3.20. The summed E-state index contributed by atoms with van der Waals surface area (Å²) in [6, 6.07) is 12.0. The van der Waals surface area contributed by atoms with E-state index in [1.54, 1.807) is 18.5 Å². The first-order valence-electron chi connectivity index (χ1n) is 8.62. The first-order valence-corrected chi connectivity index (χ1v) is 9.43. The second-order valence-electron chi connectivity index (χ2n) is 6.67. The van der Waals surface area contributed by atoms with Crippen LogP contribution >= 0.6 is 11.3 Å². The van der Waals surface area contributed by atoms with Gasteiger partial charge in [-0.15, -0.1) is 11.3 Å². The Morgan fingerprint density at radius 3 is 2.85 bits per heavy atom. The van der Waals surface area contributed by atoms with Gasteiger partial charge >= 0.3 is 0 Å². The Labute approximate surface area is 154 Å². The van der Waals surface area contributed by atoms with Crippen molar-refractivity contribution in [3.63, 3.8) is 0 Å². The summed E-state index contributed by atoms with van der Waals surface area (Å²) in [6.45, 7) is 3.78. The summed E-state index contributed by atoms with van der Waals surface area (Å²) in [5.41, 5.74) is 5.37. The molecular formula is C20H17FN4S. The summed E-state index contributed by atoms with van der Waals surface area (Å²) in [5.74, 6) is 0. The SMILES string of the molecule is CC1Cn2nc(-c3ccc4cc(F)sc4c3)c(-c3ccncc3)c2CN1. The molecule has 0 bridgehead atoms. The molecule has 4 aromatic rings. The number of nitrogens with zero attached hydrogens (tertiary/aromatic N) is 3. The van der Waals surface area contributed by atoms with Gasteiger partial charge in [-0.1, -0.05) is 12.1 Å². The fourth-order valence-electron chi connectivity index (χ4n) is 3.59. The molecule has 0 saturated heterocycles. The monoisotopic (exact) mass is 364 g/mol. The van der Waals surface area contributed by atoms with Crippen molar-refractivity contribution >= 4 is 21.4 Å². The van der Waals surface area contributed by atoms with Gasteiger partial charge in [0.15, 0.2) is 5.13 Å². The molecule has 4 heterocycles. The number of rotatable bonds is 2. The molecule has 1 aliphatic rings. The minimum atomic E-state index is -0.159. The van der Waals surface area contributed by atoms with Gasteiger partial charge in [-0.3, -0.25) is 9.67 Å². The minimum absolute atomic E-state index is 0.159. The van der Waals surface area contributed by atoms with Crippen LogP contribution in [0.3, 0.4) is 0 Å². The lowest BCUT2D eigenvalue weighted by atomic mass is 9.98. The van der Waals surface area contributed by atoms with Gasteiger partial charge in [-0.2, -0.15) is 9.49 Å². The predicted molar refractivity (Wildman–Crippen MR) is 103 cm³/mol. The topological polar surface area (TPSA) is 42.7 Å². The average molecular weight is 364 g/mol. The molecule has 5 rings (SSSR count). The van der Waals surface area contributed by atoms with E-state index in [1.807, 2.05) is 30.3 Å². The molecule has 0 radical (unpaired) electrons. The molecule has 1 N–H and O–H groups in total. The quantitative estimate of drug-likeness (QED) is 0.571. The maximum Gasteiger partial charge on any atom is 0.177 e. The number of nitrogens with one attached hydrogen (secondary N) is 1. The van der Waals surface area contributed by atoms with Gasteiger partial charge in [-0.25, -0.2) is 0 Å². The maximum atomic E-state index is 13.6. The first-order chi connectivity index (χ1) is 12.7. The molecule has 0 saturated carbocycles. The Morgan fingerprint density at radius 1 is 1.15 bits per heavy atom. The molecule has 4 nitrogen and oxygen atoms in total. The number of benzene rings is 1. The highest BCUT2D eigenvalue weighted by atomic mass is 32.1. The number of halogens is 1. The molecule has 0 aliphatic carbocycles. The molecule has 0 amide bonds. The van der Waals surface area contributed by atoms with Gasteiger partial charge in [0.1, 0.15) is 5.69 Å². The molecular weight excluding hydrogens is 347 g/mol. The Morgan fingerprint density at radius 2 is 2.00 bits per heavy atom. The number of aromatic nitrogens is 3. The molecule has 6 heteroatoms. The Hall–Kier alpha value is -2.57. The van der Waals surface area contributed by atoms with Crippen LogP contribution in [0.5, 0.6) is 0 Å². The van der Waals surface area contributed by atoms with E-state index in [-0.39, 0.29) is 5.13 Å². The fourth-order valence-corrected chi connectivity index (χ4v) is 4.42. The zero-order valence-electron chi connectivity index (χ0n) is 14.2. The van der Waals surface area contributed by atoms with Crippen molar-refractivity contribution in [1.29, 1.82) is 0 Å². The second-order valence-corrected chi connectivity index (χ2v) is 7.71. The van der Waals surface area contributed by atoms with Crippen LogP contribution in [0.4, 0.5) is 4.39 Å². The highest BCUT2D eigenvalue weighted by Gasteiger charge is 2.24. The van der Waals surface area contributed by atoms with Crippen LogP contribution in [0.25, 0.3) is 32.5 Å². The Bertz CT molecular complexity index is 1100. The number of hydrogen-bond donors (Lipinski definition) is 1. The van der Waals surface area contributed by atoms with Crippen molar-refractivity contribution in [2.75, 3.05) is 0 Å². The predicted octanol–water partition coefficient (Wildman–Crippen LogP) is 4.46. The van der Waals surface area contributed by atoms with E-state index in [2.05, 4.69) is 21.9 Å². The minimum Gasteiger partial charge on any atom is -0.307 e. The van der Waals surface area contributed by atoms with Crippen LogP contribution in [0.1, 0.15) is 12.6 Å². The van der Waals surface area contributed by atoms with E-state index in [1.165, 1.54) is 17.0 Å². The smallest absolute Gasteiger partial charge is 0.177 e. The van der Waals surface area contributed by atoms with E-state index in [0.717, 1.165) is 45.6 Å². The fraction of sp³-hybridized carbons (Fsp3) is 0.200. The maximum absolute atomic E-state index is 13.6. The van der Waals surface area contributed by atoms with Gasteiger partial charge < -0.3 is 5.32 Å². The van der Waals surface area contributed by atoms with Crippen molar-refractivity contribution in [2.45, 2.75) is 26.1 Å². The summed E-state index contributed by atoms with van der Waals surface area (Å²) in [5, 5.41) is 9.22. The summed E-state index contributed by atoms with van der Waals surface area (Å²) in [7, 11) is 0. The lowest BCUT2D eigenvalue weighted by Crippen LogP contribution is -2.36. The highest BCUT2D eigenvalue weighted by Crippen LogP contribution is 2.37. The lowest BCUT2D eigenvalue weighted by molar-refractivity contribution is 0.390. The molecule has 1 atom stereocenters. The third-order valence-electron chi connectivity index (χ3n) is 4.85. The third kappa shape index (κ3) is 2.53. The van der Waals surface area contributed by atoms with E-state index in [9.17, 15) is 4.39 Å². The van der Waals surface area contributed by atoms with Crippen LogP contribution in [0, 0.1) is 5.13 Å². The van der Waals surface area contributed by atoms with Gasteiger partial charge in [0.05, 0.1) is 12.2 Å². The zero-order chi connectivity index (χ0) is 17.7. The van der Waals surface area contributed by atoms with Crippen LogP contribution in [0.15, 0.2) is 48.8 Å². The molecule has 3 aromatic heterocycles. The molecule has 130 valence electrons.